The summed E-state index contributed by atoms with van der Waals surface area (Å²) in [7, 11) is 0. The summed E-state index contributed by atoms with van der Waals surface area (Å²) in [6.45, 7) is 1.50. The van der Waals surface area contributed by atoms with E-state index in [0.29, 0.717) is 16.7 Å². The van der Waals surface area contributed by atoms with Gasteiger partial charge in [-0.15, -0.1) is 0 Å². The van der Waals surface area contributed by atoms with Crippen LogP contribution in [-0.2, 0) is 14.3 Å². The lowest BCUT2D eigenvalue weighted by atomic mass is 9.96. The molecule has 0 saturated carbocycles. The Bertz CT molecular complexity index is 736. The van der Waals surface area contributed by atoms with Crippen molar-refractivity contribution in [2.75, 3.05) is 6.61 Å². The molecule has 5 nitrogen and oxygen atoms in total. The van der Waals surface area contributed by atoms with Crippen molar-refractivity contribution in [2.45, 2.75) is 19.3 Å². The second-order valence-corrected chi connectivity index (χ2v) is 5.35. The van der Waals surface area contributed by atoms with Gasteiger partial charge in [0.2, 0.25) is 0 Å². The predicted molar refractivity (Wildman–Crippen MR) is 87.9 cm³/mol. The summed E-state index contributed by atoms with van der Waals surface area (Å²) >= 11 is 0. The number of aliphatic carboxylic acids is 1. The Morgan fingerprint density at radius 1 is 1.00 bits per heavy atom. The van der Waals surface area contributed by atoms with E-state index < -0.39 is 17.9 Å². The molecule has 124 valence electrons. The highest BCUT2D eigenvalue weighted by molar-refractivity contribution is 6.09. The van der Waals surface area contributed by atoms with Gasteiger partial charge < -0.3 is 9.84 Å². The molecule has 0 saturated heterocycles. The molecule has 5 heteroatoms. The summed E-state index contributed by atoms with van der Waals surface area (Å²) in [6, 6.07) is 15.7. The number of esters is 1. The lowest BCUT2D eigenvalue weighted by Crippen LogP contribution is -2.16. The summed E-state index contributed by atoms with van der Waals surface area (Å²) < 4.78 is 4.95. The van der Waals surface area contributed by atoms with E-state index in [-0.39, 0.29) is 18.8 Å². The van der Waals surface area contributed by atoms with Crippen molar-refractivity contribution in [3.63, 3.8) is 0 Å². The van der Waals surface area contributed by atoms with Crippen molar-refractivity contribution in [2.24, 2.45) is 0 Å². The Balaban J connectivity index is 2.10. The molecule has 0 spiro atoms. The summed E-state index contributed by atoms with van der Waals surface area (Å²) in [5.74, 6) is -2.24. The zero-order valence-corrected chi connectivity index (χ0v) is 13.3. The first kappa shape index (κ1) is 17.4. The van der Waals surface area contributed by atoms with Crippen molar-refractivity contribution in [3.05, 3.63) is 71.3 Å². The molecule has 0 aliphatic carbocycles. The van der Waals surface area contributed by atoms with Crippen LogP contribution >= 0.6 is 0 Å². The number of carbonyl (C=O) groups excluding carboxylic acids is 2. The number of hydrogen-bond donors (Lipinski definition) is 1. The van der Waals surface area contributed by atoms with Crippen LogP contribution in [0.2, 0.25) is 0 Å². The highest BCUT2D eigenvalue weighted by Crippen LogP contribution is 2.20. The average Bonchev–Trinajstić information content (AvgIpc) is 2.61. The normalized spacial score (nSPS) is 11.5. The number of ketones is 1. The van der Waals surface area contributed by atoms with Crippen LogP contribution in [0.4, 0.5) is 0 Å². The first-order valence-electron chi connectivity index (χ1n) is 7.57. The van der Waals surface area contributed by atoms with Gasteiger partial charge in [-0.3, -0.25) is 14.4 Å². The summed E-state index contributed by atoms with van der Waals surface area (Å²) in [5.41, 5.74) is 1.72. The van der Waals surface area contributed by atoms with E-state index in [2.05, 4.69) is 0 Å². The summed E-state index contributed by atoms with van der Waals surface area (Å²) in [4.78, 5) is 34.9. The maximum atomic E-state index is 12.5. The van der Waals surface area contributed by atoms with Crippen LogP contribution in [0, 0.1) is 0 Å². The largest absolute Gasteiger partial charge is 0.481 e. The van der Waals surface area contributed by atoms with E-state index in [1.807, 2.05) is 6.07 Å². The van der Waals surface area contributed by atoms with Crippen LogP contribution in [0.5, 0.6) is 0 Å². The highest BCUT2D eigenvalue weighted by atomic mass is 16.5. The number of rotatable bonds is 7. The number of benzene rings is 2. The molecule has 0 radical (unpaired) electrons. The maximum absolute atomic E-state index is 12.5. The van der Waals surface area contributed by atoms with Crippen LogP contribution in [0.15, 0.2) is 54.6 Å². The Kier molecular flexibility index (Phi) is 5.84. The van der Waals surface area contributed by atoms with Gasteiger partial charge in [0.05, 0.1) is 12.3 Å². The van der Waals surface area contributed by atoms with Crippen molar-refractivity contribution in [1.29, 1.82) is 0 Å². The van der Waals surface area contributed by atoms with Gasteiger partial charge in [0.1, 0.15) is 6.61 Å². The van der Waals surface area contributed by atoms with Crippen LogP contribution in [0.25, 0.3) is 0 Å². The van der Waals surface area contributed by atoms with Gasteiger partial charge in [-0.2, -0.15) is 0 Å². The molecule has 0 unspecified atom stereocenters. The first-order chi connectivity index (χ1) is 11.5. The topological polar surface area (TPSA) is 80.7 Å². The Hall–Kier alpha value is -2.95. The van der Waals surface area contributed by atoms with Crippen LogP contribution in [-0.4, -0.2) is 29.4 Å². The fourth-order valence-electron chi connectivity index (χ4n) is 2.21. The van der Waals surface area contributed by atoms with E-state index in [4.69, 9.17) is 9.84 Å². The van der Waals surface area contributed by atoms with E-state index >= 15 is 0 Å². The zero-order valence-electron chi connectivity index (χ0n) is 13.3. The molecule has 0 aliphatic heterocycles. The van der Waals surface area contributed by atoms with Crippen molar-refractivity contribution in [1.82, 2.24) is 0 Å². The predicted octanol–water partition coefficient (Wildman–Crippen LogP) is 3.04. The molecule has 0 aliphatic rings. The molecule has 2 aromatic rings. The molecule has 0 heterocycles. The van der Waals surface area contributed by atoms with Crippen LogP contribution in [0.3, 0.4) is 0 Å². The minimum absolute atomic E-state index is 0.121. The molecular weight excluding hydrogens is 308 g/mol. The minimum atomic E-state index is -1.02. The van der Waals surface area contributed by atoms with Gasteiger partial charge >= 0.3 is 11.9 Å². The van der Waals surface area contributed by atoms with Crippen LogP contribution in [0.1, 0.15) is 40.7 Å². The quantitative estimate of drug-likeness (QED) is 0.625. The van der Waals surface area contributed by atoms with Crippen molar-refractivity contribution >= 4 is 17.7 Å². The Morgan fingerprint density at radius 3 is 2.33 bits per heavy atom. The van der Waals surface area contributed by atoms with Gasteiger partial charge in [-0.25, -0.2) is 0 Å². The lowest BCUT2D eigenvalue weighted by molar-refractivity contribution is -0.147. The molecule has 0 fully saturated rings. The van der Waals surface area contributed by atoms with E-state index in [1.165, 1.54) is 0 Å². The maximum Gasteiger partial charge on any atom is 0.313 e. The van der Waals surface area contributed by atoms with Gasteiger partial charge in [0.25, 0.3) is 0 Å². The monoisotopic (exact) mass is 326 g/mol. The smallest absolute Gasteiger partial charge is 0.313 e. The Morgan fingerprint density at radius 2 is 1.67 bits per heavy atom. The molecular formula is C19H18O5. The molecule has 0 amide bonds. The molecule has 1 N–H and O–H groups in total. The number of ether oxygens (including phenoxy) is 1. The molecule has 2 rings (SSSR count). The van der Waals surface area contributed by atoms with Gasteiger partial charge in [0.15, 0.2) is 5.78 Å². The standard InChI is InChI=1S/C19H18O5/c1-13(19(23)24-11-10-17(20)21)15-8-5-9-16(12-15)18(22)14-6-3-2-4-7-14/h2-9,12-13H,10-11H2,1H3,(H,20,21)/t13-/m1/s1. The number of carbonyl (C=O) groups is 3. The fourth-order valence-corrected chi connectivity index (χ4v) is 2.21. The van der Waals surface area contributed by atoms with Crippen LogP contribution < -0.4 is 0 Å². The molecule has 1 atom stereocenters. The third kappa shape index (κ3) is 4.52. The zero-order chi connectivity index (χ0) is 17.5. The van der Waals surface area contributed by atoms with Gasteiger partial charge in [-0.05, 0) is 18.6 Å². The second kappa shape index (κ2) is 8.06. The minimum Gasteiger partial charge on any atom is -0.481 e. The van der Waals surface area contributed by atoms with Gasteiger partial charge in [-0.1, -0.05) is 48.5 Å². The highest BCUT2D eigenvalue weighted by Gasteiger charge is 2.19. The third-order valence-electron chi connectivity index (χ3n) is 3.60. The molecule has 24 heavy (non-hydrogen) atoms. The second-order valence-electron chi connectivity index (χ2n) is 5.35. The number of hydrogen-bond acceptors (Lipinski definition) is 4. The first-order valence-corrected chi connectivity index (χ1v) is 7.57. The summed E-state index contributed by atoms with van der Waals surface area (Å²) in [5, 5.41) is 8.56. The molecule has 0 bridgehead atoms. The fraction of sp³-hybridized carbons (Fsp3) is 0.211. The summed E-state index contributed by atoms with van der Waals surface area (Å²) in [6.07, 6.45) is -0.231. The lowest BCUT2D eigenvalue weighted by Gasteiger charge is -2.12. The molecule has 2 aromatic carbocycles. The van der Waals surface area contributed by atoms with Crippen molar-refractivity contribution < 1.29 is 24.2 Å². The Labute approximate surface area is 139 Å². The van der Waals surface area contributed by atoms with Gasteiger partial charge in [0, 0.05) is 11.1 Å². The third-order valence-corrected chi connectivity index (χ3v) is 3.60. The SMILES string of the molecule is C[C@@H](C(=O)OCCC(=O)O)c1cccc(C(=O)c2ccccc2)c1. The van der Waals surface area contributed by atoms with E-state index in [1.54, 1.807) is 55.5 Å². The average molecular weight is 326 g/mol. The number of carboxylic acids is 1. The van der Waals surface area contributed by atoms with E-state index in [0.717, 1.165) is 0 Å². The number of carboxylic acid groups (broad SMARTS) is 1. The molecule has 0 aromatic heterocycles. The van der Waals surface area contributed by atoms with Crippen molar-refractivity contribution in [3.8, 4) is 0 Å². The van der Waals surface area contributed by atoms with E-state index in [9.17, 15) is 14.4 Å².